The van der Waals surface area contributed by atoms with E-state index in [1.54, 1.807) is 6.92 Å². The first-order valence-corrected chi connectivity index (χ1v) is 9.95. The van der Waals surface area contributed by atoms with Crippen LogP contribution in [0.3, 0.4) is 0 Å². The van der Waals surface area contributed by atoms with Crippen LogP contribution in [0.4, 0.5) is 0 Å². The summed E-state index contributed by atoms with van der Waals surface area (Å²) in [5.74, 6) is 0.463. The van der Waals surface area contributed by atoms with E-state index in [-0.39, 0.29) is 5.75 Å². The molecule has 0 unspecified atom stereocenters. The molecule has 0 spiro atoms. The van der Waals surface area contributed by atoms with Crippen molar-refractivity contribution < 1.29 is 13.5 Å². The van der Waals surface area contributed by atoms with Gasteiger partial charge in [0, 0.05) is 25.0 Å². The molecule has 0 aromatic heterocycles. The number of sulfonamides is 1. The standard InChI is InChI=1S/C15H30N2O3S/c1-3-21(19,20)16-10-12-17-11-6-8-14(17)13-7-4-5-9-15(13,2)18/h13-14,16,18H,3-12H2,1-2H3/t13-,14-,15+/m1/s1. The third-order valence-corrected chi connectivity index (χ3v) is 6.63. The lowest BCUT2D eigenvalue weighted by molar-refractivity contribution is -0.0614. The van der Waals surface area contributed by atoms with Gasteiger partial charge in [-0.2, -0.15) is 0 Å². The van der Waals surface area contributed by atoms with Crippen LogP contribution in [0.25, 0.3) is 0 Å². The molecule has 0 radical (unpaired) electrons. The van der Waals surface area contributed by atoms with E-state index in [2.05, 4.69) is 9.62 Å². The second-order valence-electron chi connectivity index (χ2n) is 6.75. The summed E-state index contributed by atoms with van der Waals surface area (Å²) in [5.41, 5.74) is -0.561. The lowest BCUT2D eigenvalue weighted by Crippen LogP contribution is -2.50. The van der Waals surface area contributed by atoms with Crippen molar-refractivity contribution in [1.82, 2.24) is 9.62 Å². The van der Waals surface area contributed by atoms with Crippen LogP contribution in [-0.2, 0) is 10.0 Å². The number of aliphatic hydroxyl groups is 1. The maximum Gasteiger partial charge on any atom is 0.211 e. The van der Waals surface area contributed by atoms with Crippen LogP contribution in [0.5, 0.6) is 0 Å². The Morgan fingerprint density at radius 2 is 2.05 bits per heavy atom. The second-order valence-corrected chi connectivity index (χ2v) is 8.85. The monoisotopic (exact) mass is 318 g/mol. The summed E-state index contributed by atoms with van der Waals surface area (Å²) in [5, 5.41) is 10.7. The van der Waals surface area contributed by atoms with E-state index in [4.69, 9.17) is 0 Å². The largest absolute Gasteiger partial charge is 0.390 e. The van der Waals surface area contributed by atoms with Crippen molar-refractivity contribution in [1.29, 1.82) is 0 Å². The molecule has 5 nitrogen and oxygen atoms in total. The SMILES string of the molecule is CCS(=O)(=O)NCCN1CCC[C@@H]1[C@H]1CCCC[C@]1(C)O. The third kappa shape index (κ3) is 4.41. The Morgan fingerprint density at radius 1 is 1.29 bits per heavy atom. The molecular formula is C15H30N2O3S. The minimum atomic E-state index is -3.10. The van der Waals surface area contributed by atoms with Gasteiger partial charge < -0.3 is 5.11 Å². The molecule has 1 saturated heterocycles. The van der Waals surface area contributed by atoms with E-state index < -0.39 is 15.6 Å². The van der Waals surface area contributed by atoms with Gasteiger partial charge >= 0.3 is 0 Å². The Labute approximate surface area is 129 Å². The van der Waals surface area contributed by atoms with E-state index in [0.29, 0.717) is 18.5 Å². The Bertz CT molecular complexity index is 436. The summed E-state index contributed by atoms with van der Waals surface area (Å²) >= 11 is 0. The number of nitrogens with zero attached hydrogens (tertiary/aromatic N) is 1. The van der Waals surface area contributed by atoms with Crippen molar-refractivity contribution in [3.63, 3.8) is 0 Å². The first-order valence-electron chi connectivity index (χ1n) is 8.29. The molecule has 1 heterocycles. The van der Waals surface area contributed by atoms with E-state index in [9.17, 15) is 13.5 Å². The van der Waals surface area contributed by atoms with Gasteiger partial charge in [-0.25, -0.2) is 13.1 Å². The molecule has 0 aromatic carbocycles. The van der Waals surface area contributed by atoms with E-state index >= 15 is 0 Å². The smallest absolute Gasteiger partial charge is 0.211 e. The minimum absolute atomic E-state index is 0.133. The average molecular weight is 318 g/mol. The zero-order chi connectivity index (χ0) is 15.5. The maximum atomic E-state index is 11.5. The molecule has 2 N–H and O–H groups in total. The molecule has 3 atom stereocenters. The van der Waals surface area contributed by atoms with Crippen LogP contribution in [0.2, 0.25) is 0 Å². The van der Waals surface area contributed by atoms with Gasteiger partial charge in [-0.15, -0.1) is 0 Å². The molecule has 1 aliphatic carbocycles. The van der Waals surface area contributed by atoms with Crippen molar-refractivity contribution in [2.24, 2.45) is 5.92 Å². The van der Waals surface area contributed by atoms with Gasteiger partial charge in [0.25, 0.3) is 0 Å². The van der Waals surface area contributed by atoms with Gasteiger partial charge in [-0.1, -0.05) is 12.8 Å². The Kier molecular flexibility index (Phi) is 5.68. The van der Waals surface area contributed by atoms with Crippen molar-refractivity contribution in [3.05, 3.63) is 0 Å². The molecule has 0 bridgehead atoms. The summed E-state index contributed by atoms with van der Waals surface area (Å²) < 4.78 is 25.6. The fraction of sp³-hybridized carbons (Fsp3) is 1.00. The molecular weight excluding hydrogens is 288 g/mol. The summed E-state index contributed by atoms with van der Waals surface area (Å²) in [6.07, 6.45) is 6.58. The van der Waals surface area contributed by atoms with Crippen LogP contribution in [0.1, 0.15) is 52.4 Å². The highest BCUT2D eigenvalue weighted by Gasteiger charge is 2.42. The minimum Gasteiger partial charge on any atom is -0.390 e. The topological polar surface area (TPSA) is 69.6 Å². The molecule has 2 fully saturated rings. The third-order valence-electron chi connectivity index (χ3n) is 5.23. The summed E-state index contributed by atoms with van der Waals surface area (Å²) in [7, 11) is -3.10. The second kappa shape index (κ2) is 6.94. The molecule has 6 heteroatoms. The summed E-state index contributed by atoms with van der Waals surface area (Å²) in [6, 6.07) is 0.409. The van der Waals surface area contributed by atoms with Gasteiger partial charge in [-0.3, -0.25) is 4.90 Å². The van der Waals surface area contributed by atoms with E-state index in [1.807, 2.05) is 6.92 Å². The Morgan fingerprint density at radius 3 is 2.71 bits per heavy atom. The average Bonchev–Trinajstić information content (AvgIpc) is 2.86. The molecule has 21 heavy (non-hydrogen) atoms. The Balaban J connectivity index is 1.91. The van der Waals surface area contributed by atoms with Crippen molar-refractivity contribution in [2.45, 2.75) is 64.0 Å². The van der Waals surface area contributed by atoms with Crippen molar-refractivity contribution >= 4 is 10.0 Å². The van der Waals surface area contributed by atoms with E-state index in [0.717, 1.165) is 45.2 Å². The zero-order valence-corrected chi connectivity index (χ0v) is 14.2. The van der Waals surface area contributed by atoms with Gasteiger partial charge in [0.2, 0.25) is 10.0 Å². The zero-order valence-electron chi connectivity index (χ0n) is 13.3. The highest BCUT2D eigenvalue weighted by molar-refractivity contribution is 7.89. The predicted molar refractivity (Wildman–Crippen MR) is 84.6 cm³/mol. The van der Waals surface area contributed by atoms with Gasteiger partial charge in [0.05, 0.1) is 11.4 Å². The highest BCUT2D eigenvalue weighted by Crippen LogP contribution is 2.40. The predicted octanol–water partition coefficient (Wildman–Crippen LogP) is 1.33. The number of nitrogens with one attached hydrogen (secondary N) is 1. The fourth-order valence-corrected chi connectivity index (χ4v) is 4.59. The number of hydrogen-bond donors (Lipinski definition) is 2. The molecule has 2 rings (SSSR count). The van der Waals surface area contributed by atoms with Crippen LogP contribution < -0.4 is 4.72 Å². The van der Waals surface area contributed by atoms with E-state index in [1.165, 1.54) is 6.42 Å². The number of rotatable bonds is 6. The van der Waals surface area contributed by atoms with Crippen molar-refractivity contribution in [3.8, 4) is 0 Å². The lowest BCUT2D eigenvalue weighted by Gasteiger charge is -2.43. The number of likely N-dealkylation sites (tertiary alicyclic amines) is 1. The molecule has 2 aliphatic rings. The maximum absolute atomic E-state index is 11.5. The van der Waals surface area contributed by atoms with Crippen LogP contribution >= 0.6 is 0 Å². The molecule has 1 saturated carbocycles. The molecule has 0 amide bonds. The van der Waals surface area contributed by atoms with Crippen LogP contribution in [0, 0.1) is 5.92 Å². The van der Waals surface area contributed by atoms with Gasteiger partial charge in [-0.05, 0) is 46.1 Å². The number of hydrogen-bond acceptors (Lipinski definition) is 4. The van der Waals surface area contributed by atoms with Crippen LogP contribution in [0.15, 0.2) is 0 Å². The normalized spacial score (nSPS) is 35.2. The summed E-state index contributed by atoms with van der Waals surface area (Å²) in [4.78, 5) is 2.38. The molecule has 124 valence electrons. The fourth-order valence-electron chi connectivity index (χ4n) is 3.98. The first kappa shape index (κ1) is 17.2. The molecule has 1 aliphatic heterocycles. The quantitative estimate of drug-likeness (QED) is 0.775. The van der Waals surface area contributed by atoms with Gasteiger partial charge in [0.15, 0.2) is 0 Å². The highest BCUT2D eigenvalue weighted by atomic mass is 32.2. The lowest BCUT2D eigenvalue weighted by atomic mass is 9.72. The van der Waals surface area contributed by atoms with Gasteiger partial charge in [0.1, 0.15) is 0 Å². The van der Waals surface area contributed by atoms with Crippen LogP contribution in [-0.4, -0.2) is 55.5 Å². The molecule has 0 aromatic rings. The Hall–Kier alpha value is -0.170. The first-order chi connectivity index (χ1) is 9.86. The summed E-state index contributed by atoms with van der Waals surface area (Å²) in [6.45, 7) is 5.87. The van der Waals surface area contributed by atoms with Crippen molar-refractivity contribution in [2.75, 3.05) is 25.4 Å².